The highest BCUT2D eigenvalue weighted by molar-refractivity contribution is 5.84. The van der Waals surface area contributed by atoms with Gasteiger partial charge in [0.05, 0.1) is 0 Å². The monoisotopic (exact) mass is 338 g/mol. The van der Waals surface area contributed by atoms with Crippen LogP contribution in [0.5, 0.6) is 5.75 Å². The summed E-state index contributed by atoms with van der Waals surface area (Å²) in [5, 5.41) is 1.14. The summed E-state index contributed by atoms with van der Waals surface area (Å²) in [7, 11) is 0. The summed E-state index contributed by atoms with van der Waals surface area (Å²) in [5.74, 6) is 1.55. The van der Waals surface area contributed by atoms with Crippen molar-refractivity contribution in [1.29, 1.82) is 0 Å². The van der Waals surface area contributed by atoms with E-state index in [-0.39, 0.29) is 11.2 Å². The van der Waals surface area contributed by atoms with Crippen LogP contribution in [0.4, 0.5) is 0 Å². The molecule has 1 aliphatic heterocycles. The van der Waals surface area contributed by atoms with Gasteiger partial charge in [0.15, 0.2) is 0 Å². The van der Waals surface area contributed by atoms with Crippen LogP contribution in [0.15, 0.2) is 21.3 Å². The normalized spacial score (nSPS) is 28.4. The van der Waals surface area contributed by atoms with Crippen LogP contribution in [-0.4, -0.2) is 5.60 Å². The van der Waals surface area contributed by atoms with E-state index in [1.165, 1.54) is 36.8 Å². The third-order valence-corrected chi connectivity index (χ3v) is 6.92. The number of benzene rings is 1. The van der Waals surface area contributed by atoms with E-state index in [1.807, 2.05) is 6.07 Å². The Bertz CT molecular complexity index is 894. The second-order valence-electron chi connectivity index (χ2n) is 8.32. The molecule has 0 amide bonds. The molecule has 5 rings (SSSR count). The maximum absolute atomic E-state index is 12.4. The van der Waals surface area contributed by atoms with Crippen LogP contribution in [0.2, 0.25) is 0 Å². The summed E-state index contributed by atoms with van der Waals surface area (Å²) in [6.07, 6.45) is 11.3. The summed E-state index contributed by atoms with van der Waals surface area (Å²) in [6, 6.07) is 4.25. The highest BCUT2D eigenvalue weighted by Gasteiger charge is 2.42. The van der Waals surface area contributed by atoms with Crippen LogP contribution < -0.4 is 10.4 Å². The number of ether oxygens (including phenoxy) is 1. The summed E-state index contributed by atoms with van der Waals surface area (Å²) in [4.78, 5) is 12.4. The lowest BCUT2D eigenvalue weighted by molar-refractivity contribution is -0.0331. The van der Waals surface area contributed by atoms with Gasteiger partial charge in [-0.1, -0.05) is 13.3 Å². The van der Waals surface area contributed by atoms with Gasteiger partial charge < -0.3 is 9.15 Å². The zero-order valence-electron chi connectivity index (χ0n) is 15.0. The van der Waals surface area contributed by atoms with Crippen molar-refractivity contribution in [3.05, 3.63) is 39.2 Å². The van der Waals surface area contributed by atoms with Crippen LogP contribution in [0.3, 0.4) is 0 Å². The number of fused-ring (bicyclic) bond motifs is 4. The summed E-state index contributed by atoms with van der Waals surface area (Å²) in [5.41, 5.74) is 3.99. The Kier molecular flexibility index (Phi) is 3.48. The van der Waals surface area contributed by atoms with Gasteiger partial charge in [0.25, 0.3) is 0 Å². The van der Waals surface area contributed by atoms with Gasteiger partial charge in [-0.3, -0.25) is 0 Å². The molecule has 1 spiro atoms. The maximum atomic E-state index is 12.4. The maximum Gasteiger partial charge on any atom is 0.339 e. The van der Waals surface area contributed by atoms with E-state index in [0.717, 1.165) is 55.2 Å². The molecule has 1 saturated carbocycles. The number of hydrogen-bond donors (Lipinski definition) is 0. The van der Waals surface area contributed by atoms with Crippen molar-refractivity contribution in [3.8, 4) is 5.75 Å². The molecule has 25 heavy (non-hydrogen) atoms. The van der Waals surface area contributed by atoms with E-state index in [1.54, 1.807) is 0 Å². The number of rotatable bonds is 0. The minimum Gasteiger partial charge on any atom is -0.487 e. The zero-order chi connectivity index (χ0) is 17.0. The minimum atomic E-state index is -0.140. The molecule has 3 nitrogen and oxygen atoms in total. The Hall–Kier alpha value is -1.77. The Morgan fingerprint density at radius 1 is 1.00 bits per heavy atom. The lowest BCUT2D eigenvalue weighted by Gasteiger charge is -2.46. The van der Waals surface area contributed by atoms with Crippen molar-refractivity contribution < 1.29 is 9.15 Å². The van der Waals surface area contributed by atoms with Gasteiger partial charge in [-0.25, -0.2) is 4.79 Å². The summed E-state index contributed by atoms with van der Waals surface area (Å²) >= 11 is 0. The fraction of sp³-hybridized carbons (Fsp3) is 0.591. The number of aryl methyl sites for hydroxylation is 2. The smallest absolute Gasteiger partial charge is 0.339 e. The summed E-state index contributed by atoms with van der Waals surface area (Å²) in [6.45, 7) is 2.34. The standard InChI is InChI=1S/C22H26O3/c1-14-6-4-5-10-22(14)11-9-15-12-18-16-7-2-3-8-17(16)21(23)24-20(18)13-19(15)25-22/h12-14H,2-11H2,1H3/t14-,22+/m0/s1. The molecule has 1 fully saturated rings. The Balaban J connectivity index is 1.63. The third kappa shape index (κ3) is 2.35. The fourth-order valence-electron chi connectivity index (χ4n) is 5.33. The Labute approximate surface area is 148 Å². The largest absolute Gasteiger partial charge is 0.487 e. The first-order chi connectivity index (χ1) is 12.2. The van der Waals surface area contributed by atoms with Crippen molar-refractivity contribution in [2.24, 2.45) is 5.92 Å². The fourth-order valence-corrected chi connectivity index (χ4v) is 5.33. The molecule has 0 radical (unpaired) electrons. The third-order valence-electron chi connectivity index (χ3n) is 6.92. The van der Waals surface area contributed by atoms with Crippen molar-refractivity contribution in [2.75, 3.05) is 0 Å². The van der Waals surface area contributed by atoms with Crippen LogP contribution in [0, 0.1) is 5.92 Å². The molecule has 3 heteroatoms. The predicted molar refractivity (Wildman–Crippen MR) is 98.4 cm³/mol. The van der Waals surface area contributed by atoms with E-state index in [0.29, 0.717) is 11.5 Å². The SMILES string of the molecule is C[C@H]1CCCC[C@@]12CCc1cc3c4c(c(=O)oc3cc1O2)CCCC4. The molecule has 2 aromatic rings. The van der Waals surface area contributed by atoms with Gasteiger partial charge in [0.1, 0.15) is 16.9 Å². The van der Waals surface area contributed by atoms with Crippen LogP contribution in [-0.2, 0) is 19.3 Å². The second kappa shape index (κ2) is 5.62. The molecular weight excluding hydrogens is 312 g/mol. The van der Waals surface area contributed by atoms with Gasteiger partial charge in [-0.15, -0.1) is 0 Å². The van der Waals surface area contributed by atoms with Crippen molar-refractivity contribution >= 4 is 11.0 Å². The first-order valence-corrected chi connectivity index (χ1v) is 9.97. The topological polar surface area (TPSA) is 39.4 Å². The quantitative estimate of drug-likeness (QED) is 0.638. The molecule has 0 bridgehead atoms. The first-order valence-electron chi connectivity index (χ1n) is 9.97. The van der Waals surface area contributed by atoms with E-state index in [9.17, 15) is 4.79 Å². The lowest BCUT2D eigenvalue weighted by atomic mass is 9.72. The molecular formula is C22H26O3. The molecule has 0 N–H and O–H groups in total. The van der Waals surface area contributed by atoms with Crippen LogP contribution in [0.1, 0.15) is 68.6 Å². The van der Waals surface area contributed by atoms with E-state index < -0.39 is 0 Å². The lowest BCUT2D eigenvalue weighted by Crippen LogP contribution is -2.47. The van der Waals surface area contributed by atoms with E-state index >= 15 is 0 Å². The Morgan fingerprint density at radius 3 is 2.68 bits per heavy atom. The highest BCUT2D eigenvalue weighted by Crippen LogP contribution is 2.46. The molecule has 0 unspecified atom stereocenters. The molecule has 1 aromatic carbocycles. The van der Waals surface area contributed by atoms with Gasteiger partial charge >= 0.3 is 5.63 Å². The first kappa shape index (κ1) is 15.5. The van der Waals surface area contributed by atoms with Crippen molar-refractivity contribution in [1.82, 2.24) is 0 Å². The van der Waals surface area contributed by atoms with Gasteiger partial charge in [0.2, 0.25) is 0 Å². The van der Waals surface area contributed by atoms with Crippen molar-refractivity contribution in [3.63, 3.8) is 0 Å². The predicted octanol–water partition coefficient (Wildman–Crippen LogP) is 4.95. The molecule has 0 saturated heterocycles. The number of hydrogen-bond acceptors (Lipinski definition) is 3. The average Bonchev–Trinajstić information content (AvgIpc) is 2.63. The molecule has 3 aliphatic rings. The molecule has 1 aromatic heterocycles. The average molecular weight is 338 g/mol. The van der Waals surface area contributed by atoms with Crippen LogP contribution in [0.25, 0.3) is 11.0 Å². The van der Waals surface area contributed by atoms with Crippen LogP contribution >= 0.6 is 0 Å². The van der Waals surface area contributed by atoms with Gasteiger partial charge in [-0.2, -0.15) is 0 Å². The highest BCUT2D eigenvalue weighted by atomic mass is 16.5. The van der Waals surface area contributed by atoms with Gasteiger partial charge in [-0.05, 0) is 80.9 Å². The van der Waals surface area contributed by atoms with Crippen molar-refractivity contribution in [2.45, 2.75) is 76.7 Å². The molecule has 132 valence electrons. The van der Waals surface area contributed by atoms with Gasteiger partial charge in [0, 0.05) is 17.0 Å². The molecule has 2 atom stereocenters. The Morgan fingerprint density at radius 2 is 1.84 bits per heavy atom. The minimum absolute atomic E-state index is 0.00652. The molecule has 2 aliphatic carbocycles. The summed E-state index contributed by atoms with van der Waals surface area (Å²) < 4.78 is 12.3. The molecule has 2 heterocycles. The zero-order valence-corrected chi connectivity index (χ0v) is 15.0. The van der Waals surface area contributed by atoms with E-state index in [2.05, 4.69) is 13.0 Å². The van der Waals surface area contributed by atoms with E-state index in [4.69, 9.17) is 9.15 Å². The second-order valence-corrected chi connectivity index (χ2v) is 8.32.